The number of nitrogens with one attached hydrogen (secondary N) is 1. The SMILES string of the molecule is CCCCCC(C)NC(=O)c1ccccc1OC(F)F. The number of hydrogen-bond donors (Lipinski definition) is 1. The fourth-order valence-electron chi connectivity index (χ4n) is 1.93. The Bertz CT molecular complexity index is 424. The van der Waals surface area contributed by atoms with E-state index in [0.29, 0.717) is 0 Å². The molecule has 112 valence electrons. The average molecular weight is 285 g/mol. The molecule has 0 spiro atoms. The molecule has 1 rings (SSSR count). The summed E-state index contributed by atoms with van der Waals surface area (Å²) in [7, 11) is 0. The number of para-hydroxylation sites is 1. The van der Waals surface area contributed by atoms with Crippen molar-refractivity contribution < 1.29 is 18.3 Å². The van der Waals surface area contributed by atoms with Crippen molar-refractivity contribution in [3.8, 4) is 5.75 Å². The number of carbonyl (C=O) groups is 1. The van der Waals surface area contributed by atoms with E-state index in [1.165, 1.54) is 12.1 Å². The lowest BCUT2D eigenvalue weighted by molar-refractivity contribution is -0.0501. The summed E-state index contributed by atoms with van der Waals surface area (Å²) in [6, 6.07) is 6.02. The van der Waals surface area contributed by atoms with Gasteiger partial charge in [-0.2, -0.15) is 8.78 Å². The highest BCUT2D eigenvalue weighted by Gasteiger charge is 2.16. The van der Waals surface area contributed by atoms with E-state index in [1.54, 1.807) is 12.1 Å². The second-order valence-corrected chi connectivity index (χ2v) is 4.74. The fraction of sp³-hybridized carbons (Fsp3) is 0.533. The predicted molar refractivity (Wildman–Crippen MR) is 74.1 cm³/mol. The lowest BCUT2D eigenvalue weighted by Crippen LogP contribution is -2.32. The van der Waals surface area contributed by atoms with E-state index in [0.717, 1.165) is 25.7 Å². The van der Waals surface area contributed by atoms with Crippen molar-refractivity contribution in [2.24, 2.45) is 0 Å². The van der Waals surface area contributed by atoms with Crippen LogP contribution in [-0.4, -0.2) is 18.6 Å². The van der Waals surface area contributed by atoms with Crippen LogP contribution >= 0.6 is 0 Å². The summed E-state index contributed by atoms with van der Waals surface area (Å²) >= 11 is 0. The zero-order valence-corrected chi connectivity index (χ0v) is 11.9. The van der Waals surface area contributed by atoms with Gasteiger partial charge < -0.3 is 10.1 Å². The zero-order valence-electron chi connectivity index (χ0n) is 11.9. The number of unbranched alkanes of at least 4 members (excludes halogenated alkanes) is 2. The van der Waals surface area contributed by atoms with Gasteiger partial charge in [-0.15, -0.1) is 0 Å². The molecule has 0 aromatic heterocycles. The monoisotopic (exact) mass is 285 g/mol. The molecule has 0 aliphatic heterocycles. The maximum atomic E-state index is 12.3. The number of benzene rings is 1. The van der Waals surface area contributed by atoms with Gasteiger partial charge in [0.05, 0.1) is 5.56 Å². The lowest BCUT2D eigenvalue weighted by Gasteiger charge is -2.15. The van der Waals surface area contributed by atoms with Crippen LogP contribution in [-0.2, 0) is 0 Å². The van der Waals surface area contributed by atoms with E-state index in [9.17, 15) is 13.6 Å². The first-order valence-electron chi connectivity index (χ1n) is 6.89. The molecule has 5 heteroatoms. The number of alkyl halides is 2. The smallest absolute Gasteiger partial charge is 0.387 e. The molecule has 0 bridgehead atoms. The molecule has 0 fully saturated rings. The molecule has 1 amide bonds. The number of amides is 1. The van der Waals surface area contributed by atoms with Crippen LogP contribution < -0.4 is 10.1 Å². The summed E-state index contributed by atoms with van der Waals surface area (Å²) < 4.78 is 28.9. The molecular formula is C15H21F2NO2. The summed E-state index contributed by atoms with van der Waals surface area (Å²) in [4.78, 5) is 12.1. The van der Waals surface area contributed by atoms with Gasteiger partial charge in [0, 0.05) is 6.04 Å². The van der Waals surface area contributed by atoms with Crippen LogP contribution in [0.2, 0.25) is 0 Å². The van der Waals surface area contributed by atoms with Crippen molar-refractivity contribution in [3.63, 3.8) is 0 Å². The molecule has 1 atom stereocenters. The molecule has 0 aliphatic rings. The summed E-state index contributed by atoms with van der Waals surface area (Å²) in [5.41, 5.74) is 0.134. The highest BCUT2D eigenvalue weighted by atomic mass is 19.3. The minimum atomic E-state index is -2.94. The minimum absolute atomic E-state index is 0.00801. The van der Waals surface area contributed by atoms with Crippen molar-refractivity contribution in [2.75, 3.05) is 0 Å². The zero-order chi connectivity index (χ0) is 15.0. The third-order valence-electron chi connectivity index (χ3n) is 2.97. The quantitative estimate of drug-likeness (QED) is 0.733. The average Bonchev–Trinajstić information content (AvgIpc) is 2.38. The van der Waals surface area contributed by atoms with Gasteiger partial charge in [0.25, 0.3) is 5.91 Å². The standard InChI is InChI=1S/C15H21F2NO2/c1-3-4-5-8-11(2)18-14(19)12-9-6-7-10-13(12)20-15(16)17/h6-7,9-11,15H,3-5,8H2,1-2H3,(H,18,19). The summed E-state index contributed by atoms with van der Waals surface area (Å²) in [5.74, 6) is -0.481. The highest BCUT2D eigenvalue weighted by molar-refractivity contribution is 5.97. The van der Waals surface area contributed by atoms with Crippen LogP contribution in [0.15, 0.2) is 24.3 Å². The Morgan fingerprint density at radius 1 is 1.30 bits per heavy atom. The van der Waals surface area contributed by atoms with Gasteiger partial charge >= 0.3 is 6.61 Å². The van der Waals surface area contributed by atoms with Gasteiger partial charge in [0.2, 0.25) is 0 Å². The van der Waals surface area contributed by atoms with Crippen LogP contribution in [0.3, 0.4) is 0 Å². The Morgan fingerprint density at radius 3 is 2.65 bits per heavy atom. The van der Waals surface area contributed by atoms with E-state index in [1.807, 2.05) is 6.92 Å². The van der Waals surface area contributed by atoms with Crippen LogP contribution in [0.5, 0.6) is 5.75 Å². The number of rotatable bonds is 8. The van der Waals surface area contributed by atoms with E-state index >= 15 is 0 Å². The highest BCUT2D eigenvalue weighted by Crippen LogP contribution is 2.20. The third-order valence-corrected chi connectivity index (χ3v) is 2.97. The molecule has 3 nitrogen and oxygen atoms in total. The summed E-state index contributed by atoms with van der Waals surface area (Å²) in [5, 5.41) is 2.80. The number of ether oxygens (including phenoxy) is 1. The molecule has 20 heavy (non-hydrogen) atoms. The Morgan fingerprint density at radius 2 is 2.00 bits per heavy atom. The maximum Gasteiger partial charge on any atom is 0.387 e. The summed E-state index contributed by atoms with van der Waals surface area (Å²) in [6.45, 7) is 1.08. The van der Waals surface area contributed by atoms with Gasteiger partial charge in [-0.05, 0) is 25.5 Å². The largest absolute Gasteiger partial charge is 0.434 e. The molecular weight excluding hydrogens is 264 g/mol. The van der Waals surface area contributed by atoms with Crippen molar-refractivity contribution >= 4 is 5.91 Å². The molecule has 0 saturated heterocycles. The Labute approximate surface area is 118 Å². The third kappa shape index (κ3) is 5.55. The predicted octanol–water partition coefficient (Wildman–Crippen LogP) is 3.99. The van der Waals surface area contributed by atoms with Crippen molar-refractivity contribution in [2.45, 2.75) is 52.2 Å². The van der Waals surface area contributed by atoms with Crippen molar-refractivity contribution in [1.29, 1.82) is 0 Å². The van der Waals surface area contributed by atoms with Crippen LogP contribution in [0.1, 0.15) is 49.9 Å². The van der Waals surface area contributed by atoms with Crippen LogP contribution in [0, 0.1) is 0 Å². The Hall–Kier alpha value is -1.65. The molecule has 0 heterocycles. The van der Waals surface area contributed by atoms with Gasteiger partial charge in [-0.25, -0.2) is 0 Å². The second kappa shape index (κ2) is 8.51. The topological polar surface area (TPSA) is 38.3 Å². The minimum Gasteiger partial charge on any atom is -0.434 e. The lowest BCUT2D eigenvalue weighted by atomic mass is 10.1. The molecule has 1 aromatic rings. The molecule has 1 unspecified atom stereocenters. The normalized spacial score (nSPS) is 12.2. The van der Waals surface area contributed by atoms with Gasteiger partial charge in [-0.1, -0.05) is 38.3 Å². The second-order valence-electron chi connectivity index (χ2n) is 4.74. The number of carbonyl (C=O) groups excluding carboxylic acids is 1. The van der Waals surface area contributed by atoms with E-state index in [-0.39, 0.29) is 23.3 Å². The van der Waals surface area contributed by atoms with E-state index in [2.05, 4.69) is 17.0 Å². The Balaban J connectivity index is 2.62. The van der Waals surface area contributed by atoms with Gasteiger partial charge in [0.15, 0.2) is 0 Å². The van der Waals surface area contributed by atoms with Crippen molar-refractivity contribution in [3.05, 3.63) is 29.8 Å². The first-order valence-corrected chi connectivity index (χ1v) is 6.89. The first-order chi connectivity index (χ1) is 9.54. The van der Waals surface area contributed by atoms with Gasteiger partial charge in [0.1, 0.15) is 5.75 Å². The molecule has 0 aliphatic carbocycles. The molecule has 1 N–H and O–H groups in total. The van der Waals surface area contributed by atoms with Crippen molar-refractivity contribution in [1.82, 2.24) is 5.32 Å². The molecule has 1 aromatic carbocycles. The molecule has 0 saturated carbocycles. The van der Waals surface area contributed by atoms with Gasteiger partial charge in [-0.3, -0.25) is 4.79 Å². The van der Waals surface area contributed by atoms with Crippen LogP contribution in [0.4, 0.5) is 8.78 Å². The van der Waals surface area contributed by atoms with Crippen LogP contribution in [0.25, 0.3) is 0 Å². The van der Waals surface area contributed by atoms with E-state index < -0.39 is 6.61 Å². The first kappa shape index (κ1) is 16.4. The van der Waals surface area contributed by atoms with E-state index in [4.69, 9.17) is 0 Å². The summed E-state index contributed by atoms with van der Waals surface area (Å²) in [6.07, 6.45) is 4.14. The maximum absolute atomic E-state index is 12.3. The fourth-order valence-corrected chi connectivity index (χ4v) is 1.93. The number of hydrogen-bond acceptors (Lipinski definition) is 2. The molecule has 0 radical (unpaired) electrons. The number of halogens is 2. The Kier molecular flexibility index (Phi) is 6.98.